The molecule has 0 bridgehead atoms. The van der Waals surface area contributed by atoms with E-state index in [0.29, 0.717) is 31.9 Å². The van der Waals surface area contributed by atoms with Gasteiger partial charge in [-0.15, -0.1) is 0 Å². The average molecular weight is 435 g/mol. The Bertz CT molecular complexity index is 943. The molecule has 2 aromatic rings. The quantitative estimate of drug-likeness (QED) is 0.610. The van der Waals surface area contributed by atoms with Crippen LogP contribution in [0.25, 0.3) is 0 Å². The second-order valence-corrected chi connectivity index (χ2v) is 8.60. The maximum absolute atomic E-state index is 13.0. The molecule has 0 aliphatic carbocycles. The van der Waals surface area contributed by atoms with Crippen molar-refractivity contribution in [2.24, 2.45) is 0 Å². The van der Waals surface area contributed by atoms with Gasteiger partial charge in [-0.1, -0.05) is 18.2 Å². The molecule has 1 fully saturated rings. The van der Waals surface area contributed by atoms with E-state index in [1.807, 2.05) is 30.3 Å². The maximum atomic E-state index is 13.0. The van der Waals surface area contributed by atoms with Crippen molar-refractivity contribution in [3.63, 3.8) is 0 Å². The summed E-state index contributed by atoms with van der Waals surface area (Å²) >= 11 is 0. The minimum atomic E-state index is -3.76. The van der Waals surface area contributed by atoms with Crippen LogP contribution in [-0.2, 0) is 19.6 Å². The Kier molecular flexibility index (Phi) is 7.67. The molecule has 0 saturated carbocycles. The third kappa shape index (κ3) is 5.71. The zero-order valence-electron chi connectivity index (χ0n) is 16.9. The second-order valence-electron chi connectivity index (χ2n) is 6.70. The number of ether oxygens (including phenoxy) is 3. The Morgan fingerprint density at radius 2 is 1.87 bits per heavy atom. The Hall–Kier alpha value is -2.62. The highest BCUT2D eigenvalue weighted by atomic mass is 32.2. The van der Waals surface area contributed by atoms with Gasteiger partial charge < -0.3 is 19.5 Å². The normalized spacial score (nSPS) is 14.8. The summed E-state index contributed by atoms with van der Waals surface area (Å²) in [7, 11) is -2.34. The molecule has 0 radical (unpaired) electrons. The number of nitrogens with zero attached hydrogens (tertiary/aromatic N) is 1. The molecule has 1 heterocycles. The van der Waals surface area contributed by atoms with Gasteiger partial charge >= 0.3 is 0 Å². The van der Waals surface area contributed by atoms with E-state index in [1.54, 1.807) is 12.1 Å². The van der Waals surface area contributed by atoms with Crippen molar-refractivity contribution >= 4 is 21.6 Å². The van der Waals surface area contributed by atoms with Crippen LogP contribution < -0.4 is 14.8 Å². The van der Waals surface area contributed by atoms with E-state index in [9.17, 15) is 13.2 Å². The summed E-state index contributed by atoms with van der Waals surface area (Å²) in [6.07, 6.45) is 0.792. The molecule has 2 aromatic carbocycles. The Morgan fingerprint density at radius 1 is 1.13 bits per heavy atom. The third-order valence-electron chi connectivity index (χ3n) is 4.60. The first-order chi connectivity index (χ1) is 14.5. The van der Waals surface area contributed by atoms with E-state index in [0.717, 1.165) is 5.75 Å². The van der Waals surface area contributed by atoms with Crippen molar-refractivity contribution in [3.8, 4) is 11.5 Å². The van der Waals surface area contributed by atoms with Gasteiger partial charge in [0.15, 0.2) is 0 Å². The number of anilines is 1. The number of hydrogen-bond acceptors (Lipinski definition) is 6. The lowest BCUT2D eigenvalue weighted by Crippen LogP contribution is -2.40. The van der Waals surface area contributed by atoms with E-state index in [4.69, 9.17) is 14.2 Å². The van der Waals surface area contributed by atoms with Crippen molar-refractivity contribution in [1.82, 2.24) is 4.31 Å². The van der Waals surface area contributed by atoms with Gasteiger partial charge in [-0.25, -0.2) is 8.42 Å². The van der Waals surface area contributed by atoms with Crippen molar-refractivity contribution < 1.29 is 27.4 Å². The standard InChI is InChI=1S/C21H26N2O6S/c1-27-19-10-9-17(16-20(19)30(25,26)23-11-14-28-15-12-23)22-21(24)8-5-13-29-18-6-3-2-4-7-18/h2-4,6-7,9-10,16H,5,8,11-15H2,1H3,(H,22,24). The van der Waals surface area contributed by atoms with Crippen LogP contribution in [0.3, 0.4) is 0 Å². The Morgan fingerprint density at radius 3 is 2.57 bits per heavy atom. The van der Waals surface area contributed by atoms with Crippen LogP contribution in [0.1, 0.15) is 12.8 Å². The van der Waals surface area contributed by atoms with E-state index >= 15 is 0 Å². The predicted molar refractivity (Wildman–Crippen MR) is 112 cm³/mol. The molecule has 1 amide bonds. The van der Waals surface area contributed by atoms with Gasteiger partial charge in [-0.05, 0) is 36.8 Å². The largest absolute Gasteiger partial charge is 0.495 e. The fourth-order valence-electron chi connectivity index (χ4n) is 3.05. The molecule has 8 nitrogen and oxygen atoms in total. The average Bonchev–Trinajstić information content (AvgIpc) is 2.78. The molecular weight excluding hydrogens is 408 g/mol. The van der Waals surface area contributed by atoms with Crippen LogP contribution >= 0.6 is 0 Å². The summed E-state index contributed by atoms with van der Waals surface area (Å²) in [6.45, 7) is 1.68. The number of rotatable bonds is 9. The smallest absolute Gasteiger partial charge is 0.246 e. The molecule has 1 aliphatic rings. The monoisotopic (exact) mass is 434 g/mol. The number of hydrogen-bond donors (Lipinski definition) is 1. The van der Waals surface area contributed by atoms with Gasteiger partial charge in [0.1, 0.15) is 16.4 Å². The number of carbonyl (C=O) groups excluding carboxylic acids is 1. The first-order valence-corrected chi connectivity index (χ1v) is 11.2. The fraction of sp³-hybridized carbons (Fsp3) is 0.381. The molecule has 0 atom stereocenters. The number of morpholine rings is 1. The van der Waals surface area contributed by atoms with Crippen molar-refractivity contribution in [1.29, 1.82) is 0 Å². The minimum absolute atomic E-state index is 0.0251. The number of amides is 1. The highest BCUT2D eigenvalue weighted by molar-refractivity contribution is 7.89. The van der Waals surface area contributed by atoms with E-state index < -0.39 is 10.0 Å². The van der Waals surface area contributed by atoms with Gasteiger partial charge in [0.05, 0.1) is 26.9 Å². The van der Waals surface area contributed by atoms with Crippen LogP contribution in [0.5, 0.6) is 11.5 Å². The lowest BCUT2D eigenvalue weighted by atomic mass is 10.2. The number of nitrogens with one attached hydrogen (secondary N) is 1. The number of para-hydroxylation sites is 1. The molecule has 3 rings (SSSR count). The van der Waals surface area contributed by atoms with E-state index in [-0.39, 0.29) is 36.1 Å². The summed E-state index contributed by atoms with van der Waals surface area (Å²) in [5, 5.41) is 2.75. The van der Waals surface area contributed by atoms with Crippen LogP contribution in [0.4, 0.5) is 5.69 Å². The number of methoxy groups -OCH3 is 1. The lowest BCUT2D eigenvalue weighted by Gasteiger charge is -2.26. The predicted octanol–water partition coefficient (Wildman–Crippen LogP) is 2.51. The zero-order valence-corrected chi connectivity index (χ0v) is 17.7. The van der Waals surface area contributed by atoms with Crippen LogP contribution in [0.15, 0.2) is 53.4 Å². The molecule has 30 heavy (non-hydrogen) atoms. The lowest BCUT2D eigenvalue weighted by molar-refractivity contribution is -0.116. The fourth-order valence-corrected chi connectivity index (χ4v) is 4.63. The molecule has 0 spiro atoms. The Labute approximate surface area is 176 Å². The van der Waals surface area contributed by atoms with Crippen molar-refractivity contribution in [2.75, 3.05) is 45.3 Å². The van der Waals surface area contributed by atoms with Crippen LogP contribution in [-0.4, -0.2) is 58.7 Å². The van der Waals surface area contributed by atoms with Crippen molar-refractivity contribution in [2.45, 2.75) is 17.7 Å². The van der Waals surface area contributed by atoms with Gasteiger partial charge in [0.25, 0.3) is 0 Å². The number of benzene rings is 2. The molecule has 1 saturated heterocycles. The topological polar surface area (TPSA) is 94.2 Å². The molecule has 0 aromatic heterocycles. The zero-order chi connectivity index (χ0) is 21.4. The first-order valence-electron chi connectivity index (χ1n) is 9.74. The van der Waals surface area contributed by atoms with E-state index in [2.05, 4.69) is 5.32 Å². The molecule has 0 unspecified atom stereocenters. The Balaban J connectivity index is 1.60. The SMILES string of the molecule is COc1ccc(NC(=O)CCCOc2ccccc2)cc1S(=O)(=O)N1CCOCC1. The van der Waals surface area contributed by atoms with Gasteiger partial charge in [0.2, 0.25) is 15.9 Å². The molecular formula is C21H26N2O6S. The number of carbonyl (C=O) groups is 1. The third-order valence-corrected chi connectivity index (χ3v) is 6.52. The molecule has 1 N–H and O–H groups in total. The summed E-state index contributed by atoms with van der Waals surface area (Å²) < 4.78 is 43.4. The summed E-state index contributed by atoms with van der Waals surface area (Å²) in [5.74, 6) is 0.772. The van der Waals surface area contributed by atoms with Crippen LogP contribution in [0, 0.1) is 0 Å². The highest BCUT2D eigenvalue weighted by Crippen LogP contribution is 2.30. The summed E-state index contributed by atoms with van der Waals surface area (Å²) in [6, 6.07) is 14.0. The number of sulfonamides is 1. The molecule has 1 aliphatic heterocycles. The maximum Gasteiger partial charge on any atom is 0.246 e. The summed E-state index contributed by atoms with van der Waals surface area (Å²) in [5.41, 5.74) is 0.400. The first kappa shape index (κ1) is 22.1. The minimum Gasteiger partial charge on any atom is -0.495 e. The molecule has 9 heteroatoms. The van der Waals surface area contributed by atoms with Crippen molar-refractivity contribution in [3.05, 3.63) is 48.5 Å². The highest BCUT2D eigenvalue weighted by Gasteiger charge is 2.29. The van der Waals surface area contributed by atoms with Gasteiger partial charge in [-0.2, -0.15) is 4.31 Å². The molecule has 162 valence electrons. The van der Waals surface area contributed by atoms with Crippen LogP contribution in [0.2, 0.25) is 0 Å². The van der Waals surface area contributed by atoms with Gasteiger partial charge in [-0.3, -0.25) is 4.79 Å². The second kappa shape index (κ2) is 10.4. The van der Waals surface area contributed by atoms with E-state index in [1.165, 1.54) is 17.5 Å². The van der Waals surface area contributed by atoms with Gasteiger partial charge in [0, 0.05) is 25.2 Å². The summed E-state index contributed by atoms with van der Waals surface area (Å²) in [4.78, 5) is 12.3.